The molecule has 3 rings (SSSR count). The van der Waals surface area contributed by atoms with Crippen LogP contribution in [-0.4, -0.2) is 27.5 Å². The van der Waals surface area contributed by atoms with Crippen LogP contribution in [0, 0.1) is 0 Å². The van der Waals surface area contributed by atoms with Crippen LogP contribution in [0.1, 0.15) is 30.1 Å². The molecule has 2 aliphatic rings. The molecule has 0 amide bonds. The first kappa shape index (κ1) is 8.44. The third-order valence-electron chi connectivity index (χ3n) is 3.26. The maximum Gasteiger partial charge on any atom is 0.0687 e. The SMILES string of the molecule is OCCn1cc2c(n1)C[C@H]1CC[C@H]2N1. The zero-order chi connectivity index (χ0) is 9.54. The predicted molar refractivity (Wildman–Crippen MR) is 51.9 cm³/mol. The molecule has 1 saturated heterocycles. The van der Waals surface area contributed by atoms with E-state index in [1.165, 1.54) is 24.1 Å². The summed E-state index contributed by atoms with van der Waals surface area (Å²) in [4.78, 5) is 0. The van der Waals surface area contributed by atoms with Crippen molar-refractivity contribution in [3.63, 3.8) is 0 Å². The molecular formula is C10H15N3O. The zero-order valence-corrected chi connectivity index (χ0v) is 8.11. The minimum absolute atomic E-state index is 0.169. The minimum Gasteiger partial charge on any atom is -0.394 e. The van der Waals surface area contributed by atoms with E-state index in [9.17, 15) is 0 Å². The van der Waals surface area contributed by atoms with Crippen LogP contribution >= 0.6 is 0 Å². The van der Waals surface area contributed by atoms with E-state index in [1.54, 1.807) is 0 Å². The second-order valence-electron chi connectivity index (χ2n) is 4.22. The van der Waals surface area contributed by atoms with Gasteiger partial charge in [-0.1, -0.05) is 0 Å². The lowest BCUT2D eigenvalue weighted by Gasteiger charge is -2.19. The van der Waals surface area contributed by atoms with Crippen molar-refractivity contribution in [1.29, 1.82) is 0 Å². The van der Waals surface area contributed by atoms with Crippen LogP contribution in [0.4, 0.5) is 0 Å². The largest absolute Gasteiger partial charge is 0.394 e. The van der Waals surface area contributed by atoms with Gasteiger partial charge in [-0.05, 0) is 12.8 Å². The second kappa shape index (κ2) is 3.07. The number of aromatic nitrogens is 2. The molecule has 0 spiro atoms. The maximum absolute atomic E-state index is 8.84. The summed E-state index contributed by atoms with van der Waals surface area (Å²) in [5.41, 5.74) is 2.59. The molecular weight excluding hydrogens is 178 g/mol. The fourth-order valence-electron chi connectivity index (χ4n) is 2.60. The highest BCUT2D eigenvalue weighted by Gasteiger charge is 2.33. The minimum atomic E-state index is 0.169. The van der Waals surface area contributed by atoms with E-state index >= 15 is 0 Å². The topological polar surface area (TPSA) is 50.1 Å². The quantitative estimate of drug-likeness (QED) is 0.706. The lowest BCUT2D eigenvalue weighted by atomic mass is 10.0. The van der Waals surface area contributed by atoms with Crippen LogP contribution in [0.15, 0.2) is 6.20 Å². The van der Waals surface area contributed by atoms with Crippen molar-refractivity contribution in [3.8, 4) is 0 Å². The molecule has 76 valence electrons. The van der Waals surface area contributed by atoms with Crippen molar-refractivity contribution in [1.82, 2.24) is 15.1 Å². The lowest BCUT2D eigenvalue weighted by molar-refractivity contribution is 0.269. The van der Waals surface area contributed by atoms with Crippen LogP contribution < -0.4 is 5.32 Å². The molecule has 2 atom stereocenters. The molecule has 1 aromatic rings. The van der Waals surface area contributed by atoms with Crippen LogP contribution in [0.25, 0.3) is 0 Å². The number of aliphatic hydroxyl groups excluding tert-OH is 1. The number of fused-ring (bicyclic) bond motifs is 4. The van der Waals surface area contributed by atoms with Crippen molar-refractivity contribution >= 4 is 0 Å². The van der Waals surface area contributed by atoms with Crippen molar-refractivity contribution in [2.45, 2.75) is 37.9 Å². The molecule has 2 bridgehead atoms. The number of nitrogens with zero attached hydrogens (tertiary/aromatic N) is 2. The molecule has 0 unspecified atom stereocenters. The Hall–Kier alpha value is -0.870. The van der Waals surface area contributed by atoms with Crippen LogP contribution in [0.3, 0.4) is 0 Å². The maximum atomic E-state index is 8.84. The Morgan fingerprint density at radius 1 is 1.57 bits per heavy atom. The van der Waals surface area contributed by atoms with Gasteiger partial charge in [0.25, 0.3) is 0 Å². The molecule has 3 heterocycles. The van der Waals surface area contributed by atoms with Crippen LogP contribution in [0.2, 0.25) is 0 Å². The Bertz CT molecular complexity index is 347. The number of nitrogens with one attached hydrogen (secondary N) is 1. The molecule has 0 saturated carbocycles. The molecule has 4 nitrogen and oxygen atoms in total. The van der Waals surface area contributed by atoms with Gasteiger partial charge in [0.2, 0.25) is 0 Å². The van der Waals surface area contributed by atoms with Crippen molar-refractivity contribution in [3.05, 3.63) is 17.5 Å². The Morgan fingerprint density at radius 3 is 3.36 bits per heavy atom. The molecule has 14 heavy (non-hydrogen) atoms. The normalized spacial score (nSPS) is 29.2. The summed E-state index contributed by atoms with van der Waals surface area (Å²) in [5, 5.41) is 16.9. The first-order valence-corrected chi connectivity index (χ1v) is 5.30. The average Bonchev–Trinajstić information content (AvgIpc) is 2.73. The molecule has 1 aromatic heterocycles. The van der Waals surface area contributed by atoms with Gasteiger partial charge in [0, 0.05) is 30.3 Å². The summed E-state index contributed by atoms with van der Waals surface area (Å²) in [7, 11) is 0. The molecule has 2 aliphatic heterocycles. The van der Waals surface area contributed by atoms with Crippen LogP contribution in [-0.2, 0) is 13.0 Å². The van der Waals surface area contributed by atoms with Gasteiger partial charge in [-0.15, -0.1) is 0 Å². The fourth-order valence-corrected chi connectivity index (χ4v) is 2.60. The van der Waals surface area contributed by atoms with Gasteiger partial charge >= 0.3 is 0 Å². The number of hydrogen-bond acceptors (Lipinski definition) is 3. The van der Waals surface area contributed by atoms with Gasteiger partial charge in [-0.25, -0.2) is 0 Å². The van der Waals surface area contributed by atoms with E-state index < -0.39 is 0 Å². The van der Waals surface area contributed by atoms with E-state index in [0.717, 1.165) is 6.42 Å². The van der Waals surface area contributed by atoms with Crippen molar-refractivity contribution in [2.75, 3.05) is 6.61 Å². The van der Waals surface area contributed by atoms with Gasteiger partial charge in [-0.2, -0.15) is 5.10 Å². The van der Waals surface area contributed by atoms with Gasteiger partial charge in [0.1, 0.15) is 0 Å². The molecule has 2 N–H and O–H groups in total. The van der Waals surface area contributed by atoms with Crippen molar-refractivity contribution < 1.29 is 5.11 Å². The first-order chi connectivity index (χ1) is 6.86. The van der Waals surface area contributed by atoms with E-state index in [0.29, 0.717) is 18.6 Å². The lowest BCUT2D eigenvalue weighted by Crippen LogP contribution is -2.31. The van der Waals surface area contributed by atoms with Crippen LogP contribution in [0.5, 0.6) is 0 Å². The van der Waals surface area contributed by atoms with Gasteiger partial charge < -0.3 is 10.4 Å². The van der Waals surface area contributed by atoms with E-state index in [-0.39, 0.29) is 6.61 Å². The summed E-state index contributed by atoms with van der Waals surface area (Å²) in [5.74, 6) is 0. The zero-order valence-electron chi connectivity index (χ0n) is 8.11. The first-order valence-electron chi connectivity index (χ1n) is 5.30. The fraction of sp³-hybridized carbons (Fsp3) is 0.700. The third kappa shape index (κ3) is 1.18. The third-order valence-corrected chi connectivity index (χ3v) is 3.26. The highest BCUT2D eigenvalue weighted by molar-refractivity contribution is 5.27. The van der Waals surface area contributed by atoms with E-state index in [2.05, 4.69) is 16.6 Å². The van der Waals surface area contributed by atoms with Gasteiger partial charge in [0.15, 0.2) is 0 Å². The predicted octanol–water partition coefficient (Wildman–Crippen LogP) is 0.225. The standard InChI is InChI=1S/C10H15N3O/c14-4-3-13-6-8-9-2-1-7(11-9)5-10(8)12-13/h6-7,9,11,14H,1-5H2/t7-,9-/m1/s1. The highest BCUT2D eigenvalue weighted by atomic mass is 16.3. The summed E-state index contributed by atoms with van der Waals surface area (Å²) in [6.45, 7) is 0.784. The van der Waals surface area contributed by atoms with Gasteiger partial charge in [0.05, 0.1) is 18.8 Å². The monoisotopic (exact) mass is 193 g/mol. The summed E-state index contributed by atoms with van der Waals surface area (Å²) >= 11 is 0. The Kier molecular flexibility index (Phi) is 1.85. The summed E-state index contributed by atoms with van der Waals surface area (Å²) in [6, 6.07) is 1.17. The number of aliphatic hydroxyl groups is 1. The van der Waals surface area contributed by atoms with Gasteiger partial charge in [-0.3, -0.25) is 4.68 Å². The smallest absolute Gasteiger partial charge is 0.0687 e. The molecule has 0 radical (unpaired) electrons. The second-order valence-corrected chi connectivity index (χ2v) is 4.22. The van der Waals surface area contributed by atoms with E-state index in [1.807, 2.05) is 4.68 Å². The Balaban J connectivity index is 1.94. The molecule has 1 fully saturated rings. The van der Waals surface area contributed by atoms with Crippen molar-refractivity contribution in [2.24, 2.45) is 0 Å². The summed E-state index contributed by atoms with van der Waals surface area (Å²) < 4.78 is 1.87. The molecule has 0 aromatic carbocycles. The average molecular weight is 193 g/mol. The number of rotatable bonds is 2. The Morgan fingerprint density at radius 2 is 2.50 bits per heavy atom. The highest BCUT2D eigenvalue weighted by Crippen LogP contribution is 2.34. The molecule has 4 heteroatoms. The Labute approximate surface area is 82.9 Å². The number of hydrogen-bond donors (Lipinski definition) is 2. The van der Waals surface area contributed by atoms with E-state index in [4.69, 9.17) is 5.11 Å². The molecule has 0 aliphatic carbocycles. The summed E-state index contributed by atoms with van der Waals surface area (Å²) in [6.07, 6.45) is 5.67.